The number of benzene rings is 1. The number of aryl methyl sites for hydroxylation is 1. The normalized spacial score (nSPS) is 10.1. The Hall–Kier alpha value is -0.157. The Kier molecular flexibility index (Phi) is 2.26. The van der Waals surface area contributed by atoms with Crippen LogP contribution < -0.4 is 4.16 Å². The van der Waals surface area contributed by atoms with Gasteiger partial charge in [-0.3, -0.25) is 0 Å². The third-order valence-electron chi connectivity index (χ3n) is 2.17. The van der Waals surface area contributed by atoms with E-state index < -0.39 is 0 Å². The van der Waals surface area contributed by atoms with Crippen LogP contribution in [0.1, 0.15) is 16.7 Å². The van der Waals surface area contributed by atoms with Crippen molar-refractivity contribution in [3.8, 4) is 0 Å². The second-order valence-electron chi connectivity index (χ2n) is 2.79. The van der Waals surface area contributed by atoms with Gasteiger partial charge in [0.05, 0.1) is 0 Å². The van der Waals surface area contributed by atoms with Gasteiger partial charge in [0, 0.05) is 0 Å². The van der Waals surface area contributed by atoms with Crippen molar-refractivity contribution < 1.29 is 18.3 Å². The Morgan fingerprint density at radius 1 is 1.00 bits per heavy atom. The Labute approximate surface area is 72.3 Å². The Bertz CT molecular complexity index is 224. The van der Waals surface area contributed by atoms with E-state index in [1.165, 1.54) is 39.2 Å². The van der Waals surface area contributed by atoms with E-state index in [0.717, 1.165) is 0 Å². The van der Waals surface area contributed by atoms with Crippen LogP contribution in [0.25, 0.3) is 0 Å². The van der Waals surface area contributed by atoms with Gasteiger partial charge < -0.3 is 0 Å². The van der Waals surface area contributed by atoms with Gasteiger partial charge in [0.25, 0.3) is 0 Å². The van der Waals surface area contributed by atoms with E-state index in [0.29, 0.717) is 0 Å². The maximum absolute atomic E-state index is 2.23. The van der Waals surface area contributed by atoms with E-state index in [1.54, 1.807) is 0 Å². The van der Waals surface area contributed by atoms with Crippen molar-refractivity contribution in [1.29, 1.82) is 0 Å². The second kappa shape index (κ2) is 2.84. The van der Waals surface area contributed by atoms with E-state index in [9.17, 15) is 0 Å². The first-order valence-corrected chi connectivity index (χ1v) is 5.00. The predicted octanol–water partition coefficient (Wildman–Crippen LogP) is 1.78. The molecule has 0 spiro atoms. The molecule has 0 aliphatic heterocycles. The van der Waals surface area contributed by atoms with Crippen molar-refractivity contribution in [1.82, 2.24) is 0 Å². The molecular formula is C9H11Zn. The second-order valence-corrected chi connectivity index (χ2v) is 4.39. The zero-order chi connectivity index (χ0) is 7.72. The molecule has 10 heavy (non-hydrogen) atoms. The van der Waals surface area contributed by atoms with Crippen LogP contribution in [0.15, 0.2) is 12.1 Å². The van der Waals surface area contributed by atoms with Crippen LogP contribution in [-0.2, 0) is 18.3 Å². The van der Waals surface area contributed by atoms with Crippen molar-refractivity contribution >= 4 is 4.16 Å². The summed E-state index contributed by atoms with van der Waals surface area (Å²) in [5.74, 6) is 0. The SMILES string of the molecule is Cc1cc[c]([Zn])c(C)c1C. The summed E-state index contributed by atoms with van der Waals surface area (Å²) in [6.45, 7) is 6.58. The zero-order valence-electron chi connectivity index (χ0n) is 6.86. The van der Waals surface area contributed by atoms with Gasteiger partial charge in [0.2, 0.25) is 0 Å². The average molecular weight is 185 g/mol. The minimum absolute atomic E-state index is 1.27. The van der Waals surface area contributed by atoms with E-state index >= 15 is 0 Å². The van der Waals surface area contributed by atoms with Crippen LogP contribution in [0.4, 0.5) is 0 Å². The molecule has 1 heteroatoms. The summed E-state index contributed by atoms with van der Waals surface area (Å²) in [6, 6.07) is 4.44. The first-order valence-electron chi connectivity index (χ1n) is 3.51. The van der Waals surface area contributed by atoms with Crippen LogP contribution in [-0.4, -0.2) is 0 Å². The van der Waals surface area contributed by atoms with E-state index in [-0.39, 0.29) is 0 Å². The van der Waals surface area contributed by atoms with Gasteiger partial charge in [-0.15, -0.1) is 0 Å². The van der Waals surface area contributed by atoms with Crippen molar-refractivity contribution in [2.24, 2.45) is 0 Å². The Balaban J connectivity index is 3.34. The number of rotatable bonds is 0. The summed E-state index contributed by atoms with van der Waals surface area (Å²) < 4.78 is 1.52. The van der Waals surface area contributed by atoms with Gasteiger partial charge >= 0.3 is 72.1 Å². The molecule has 49 valence electrons. The zero-order valence-corrected chi connectivity index (χ0v) is 9.83. The summed E-state index contributed by atoms with van der Waals surface area (Å²) in [7, 11) is 0. The fraction of sp³-hybridized carbons (Fsp3) is 0.333. The van der Waals surface area contributed by atoms with Crippen molar-refractivity contribution in [3.63, 3.8) is 0 Å². The summed E-state index contributed by atoms with van der Waals surface area (Å²) in [5, 5.41) is 0. The molecule has 0 aliphatic carbocycles. The molecule has 0 saturated carbocycles. The number of hydrogen-bond acceptors (Lipinski definition) is 0. The summed E-state index contributed by atoms with van der Waals surface area (Å²) >= 11 is 1.27. The average Bonchev–Trinajstić information content (AvgIpc) is 1.93. The van der Waals surface area contributed by atoms with Gasteiger partial charge in [-0.25, -0.2) is 0 Å². The first-order chi connectivity index (χ1) is 4.63. The third-order valence-corrected chi connectivity index (χ3v) is 3.78. The van der Waals surface area contributed by atoms with E-state index in [4.69, 9.17) is 0 Å². The summed E-state index contributed by atoms with van der Waals surface area (Å²) in [4.78, 5) is 0. The van der Waals surface area contributed by atoms with Crippen LogP contribution in [0.5, 0.6) is 0 Å². The van der Waals surface area contributed by atoms with Crippen molar-refractivity contribution in [3.05, 3.63) is 28.8 Å². The standard InChI is InChI=1S/C9H11.Zn/c1-7-5-4-6-8(2)9(7)3;/h4-5H,1-3H3;. The molecule has 0 saturated heterocycles. The fourth-order valence-corrected chi connectivity index (χ4v) is 1.82. The van der Waals surface area contributed by atoms with Crippen LogP contribution in [0, 0.1) is 20.8 Å². The first kappa shape index (κ1) is 7.94. The van der Waals surface area contributed by atoms with Gasteiger partial charge in [0.15, 0.2) is 0 Å². The molecule has 1 rings (SSSR count). The maximum atomic E-state index is 2.23. The number of hydrogen-bond donors (Lipinski definition) is 0. The topological polar surface area (TPSA) is 0 Å². The molecule has 1 aromatic carbocycles. The summed E-state index contributed by atoms with van der Waals surface area (Å²) in [5.41, 5.74) is 4.36. The van der Waals surface area contributed by atoms with Crippen LogP contribution >= 0.6 is 0 Å². The van der Waals surface area contributed by atoms with Crippen LogP contribution in [0.3, 0.4) is 0 Å². The molecule has 0 aliphatic rings. The Morgan fingerprint density at radius 2 is 1.60 bits per heavy atom. The predicted molar refractivity (Wildman–Crippen MR) is 40.3 cm³/mol. The molecule has 0 N–H and O–H groups in total. The van der Waals surface area contributed by atoms with Crippen molar-refractivity contribution in [2.75, 3.05) is 0 Å². The quantitative estimate of drug-likeness (QED) is 0.540. The van der Waals surface area contributed by atoms with E-state index in [2.05, 4.69) is 32.9 Å². The monoisotopic (exact) mass is 183 g/mol. The van der Waals surface area contributed by atoms with Gasteiger partial charge in [0.1, 0.15) is 0 Å². The van der Waals surface area contributed by atoms with Crippen LogP contribution in [0.2, 0.25) is 0 Å². The molecule has 0 fully saturated rings. The fourth-order valence-electron chi connectivity index (χ4n) is 1.01. The third kappa shape index (κ3) is 1.29. The Morgan fingerprint density at radius 3 is 2.10 bits per heavy atom. The molecule has 0 atom stereocenters. The van der Waals surface area contributed by atoms with E-state index in [1.807, 2.05) is 0 Å². The molecule has 0 amide bonds. The molecule has 0 aromatic heterocycles. The molecule has 0 unspecified atom stereocenters. The molecule has 0 nitrogen and oxygen atoms in total. The minimum atomic E-state index is 1.27. The molecule has 0 radical (unpaired) electrons. The molecule has 0 bridgehead atoms. The van der Waals surface area contributed by atoms with Gasteiger partial charge in [-0.05, 0) is 0 Å². The summed E-state index contributed by atoms with van der Waals surface area (Å²) in [6.07, 6.45) is 0. The van der Waals surface area contributed by atoms with Gasteiger partial charge in [-0.2, -0.15) is 0 Å². The molecule has 0 heterocycles. The van der Waals surface area contributed by atoms with Crippen molar-refractivity contribution in [2.45, 2.75) is 20.8 Å². The van der Waals surface area contributed by atoms with Gasteiger partial charge in [-0.1, -0.05) is 0 Å². The molecule has 1 aromatic rings. The molecular weight excluding hydrogens is 173 g/mol.